The Labute approximate surface area is 132 Å². The highest BCUT2D eigenvalue weighted by Crippen LogP contribution is 2.25. The van der Waals surface area contributed by atoms with Gasteiger partial charge >= 0.3 is 0 Å². The first kappa shape index (κ1) is 17.6. The van der Waals surface area contributed by atoms with Crippen LogP contribution in [0.4, 0.5) is 10.1 Å². The zero-order chi connectivity index (χ0) is 16.0. The molecule has 1 rings (SSSR count). The van der Waals surface area contributed by atoms with E-state index in [1.807, 2.05) is 20.8 Å². The van der Waals surface area contributed by atoms with E-state index in [1.165, 1.54) is 18.2 Å². The minimum atomic E-state index is -0.409. The number of hydrogen-bond donors (Lipinski definition) is 2. The maximum Gasteiger partial charge on any atom is 0.234 e. The summed E-state index contributed by atoms with van der Waals surface area (Å²) in [5.74, 6) is -0.836. The van der Waals surface area contributed by atoms with Crippen molar-refractivity contribution < 1.29 is 14.0 Å². The summed E-state index contributed by atoms with van der Waals surface area (Å²) in [6.07, 6.45) is 0.131. The average molecular weight is 359 g/mol. The molecule has 0 radical (unpaired) electrons. The second-order valence-corrected chi connectivity index (χ2v) is 6.74. The van der Waals surface area contributed by atoms with E-state index in [0.717, 1.165) is 0 Å². The first-order valence-corrected chi connectivity index (χ1v) is 7.59. The van der Waals surface area contributed by atoms with Crippen molar-refractivity contribution in [2.45, 2.75) is 32.0 Å². The smallest absolute Gasteiger partial charge is 0.234 e. The third kappa shape index (κ3) is 6.25. The predicted molar refractivity (Wildman–Crippen MR) is 84.8 cm³/mol. The number of carbonyl (C=O) groups is 2. The summed E-state index contributed by atoms with van der Waals surface area (Å²) in [5, 5.41) is 5.27. The molecule has 0 aliphatic carbocycles. The van der Waals surface area contributed by atoms with E-state index in [2.05, 4.69) is 26.6 Å². The maximum absolute atomic E-state index is 13.0. The largest absolute Gasteiger partial charge is 0.355 e. The minimum Gasteiger partial charge on any atom is -0.355 e. The lowest BCUT2D eigenvalue weighted by Gasteiger charge is -2.24. The van der Waals surface area contributed by atoms with Crippen LogP contribution in [0.25, 0.3) is 0 Å². The molecular weight excluding hydrogens is 339 g/mol. The molecule has 0 unspecified atom stereocenters. The Bertz CT molecular complexity index is 515. The standard InChI is InChI=1S/C15H20BrFN2O2/c1-15(2,3)13(16)14(21)18-8-7-12(20)19-11-6-4-5-10(17)9-11/h4-6,9,13H,7-8H2,1-3H3,(H,18,21)(H,19,20)/t13-/m0/s1. The van der Waals surface area contributed by atoms with Gasteiger partial charge in [0.05, 0.1) is 4.83 Å². The predicted octanol–water partition coefficient (Wildman–Crippen LogP) is 3.08. The fourth-order valence-corrected chi connectivity index (χ4v) is 1.73. The van der Waals surface area contributed by atoms with Crippen molar-refractivity contribution >= 4 is 33.4 Å². The highest BCUT2D eigenvalue weighted by molar-refractivity contribution is 9.10. The molecule has 1 aromatic rings. The Morgan fingerprint density at radius 3 is 2.57 bits per heavy atom. The van der Waals surface area contributed by atoms with Crippen molar-refractivity contribution in [1.29, 1.82) is 0 Å². The van der Waals surface area contributed by atoms with Crippen molar-refractivity contribution in [3.05, 3.63) is 30.1 Å². The van der Waals surface area contributed by atoms with Gasteiger partial charge in [-0.15, -0.1) is 0 Å². The van der Waals surface area contributed by atoms with Gasteiger partial charge in [-0.05, 0) is 23.6 Å². The normalized spacial score (nSPS) is 12.6. The Morgan fingerprint density at radius 1 is 1.33 bits per heavy atom. The van der Waals surface area contributed by atoms with Crippen LogP contribution in [0.3, 0.4) is 0 Å². The van der Waals surface area contributed by atoms with Gasteiger partial charge in [-0.25, -0.2) is 4.39 Å². The number of halogens is 2. The molecule has 0 saturated heterocycles. The number of rotatable bonds is 5. The Balaban J connectivity index is 2.36. The van der Waals surface area contributed by atoms with Crippen LogP contribution < -0.4 is 10.6 Å². The maximum atomic E-state index is 13.0. The van der Waals surface area contributed by atoms with E-state index in [1.54, 1.807) is 6.07 Å². The fraction of sp³-hybridized carbons (Fsp3) is 0.467. The fourth-order valence-electron chi connectivity index (χ4n) is 1.57. The molecule has 1 atom stereocenters. The molecular formula is C15H20BrFN2O2. The second kappa shape index (κ2) is 7.54. The number of alkyl halides is 1. The first-order chi connectivity index (χ1) is 9.70. The van der Waals surface area contributed by atoms with Gasteiger partial charge in [-0.1, -0.05) is 42.8 Å². The van der Waals surface area contributed by atoms with Crippen LogP contribution in [0.2, 0.25) is 0 Å². The van der Waals surface area contributed by atoms with Crippen molar-refractivity contribution in [3.63, 3.8) is 0 Å². The molecule has 1 aromatic carbocycles. The van der Waals surface area contributed by atoms with Crippen molar-refractivity contribution in [1.82, 2.24) is 5.32 Å². The third-order valence-corrected chi connectivity index (χ3v) is 4.54. The quantitative estimate of drug-likeness (QED) is 0.794. The van der Waals surface area contributed by atoms with E-state index >= 15 is 0 Å². The van der Waals surface area contributed by atoms with Gasteiger partial charge in [0.1, 0.15) is 5.82 Å². The summed E-state index contributed by atoms with van der Waals surface area (Å²) >= 11 is 3.34. The molecule has 0 aliphatic heterocycles. The third-order valence-electron chi connectivity index (χ3n) is 2.75. The van der Waals surface area contributed by atoms with E-state index in [0.29, 0.717) is 5.69 Å². The zero-order valence-corrected chi connectivity index (χ0v) is 14.0. The molecule has 2 N–H and O–H groups in total. The number of nitrogens with one attached hydrogen (secondary N) is 2. The van der Waals surface area contributed by atoms with Crippen LogP contribution in [-0.2, 0) is 9.59 Å². The molecule has 0 saturated carbocycles. The lowest BCUT2D eigenvalue weighted by Crippen LogP contribution is -2.39. The van der Waals surface area contributed by atoms with Gasteiger partial charge in [0.25, 0.3) is 0 Å². The molecule has 21 heavy (non-hydrogen) atoms. The summed E-state index contributed by atoms with van der Waals surface area (Å²) in [4.78, 5) is 23.2. The molecule has 2 amide bonds. The highest BCUT2D eigenvalue weighted by Gasteiger charge is 2.28. The number of anilines is 1. The summed E-state index contributed by atoms with van der Waals surface area (Å²) in [7, 11) is 0. The molecule has 0 aliphatic rings. The average Bonchev–Trinajstić information content (AvgIpc) is 2.36. The summed E-state index contributed by atoms with van der Waals surface area (Å²) in [5.41, 5.74) is 0.202. The molecule has 0 spiro atoms. The molecule has 4 nitrogen and oxygen atoms in total. The summed E-state index contributed by atoms with van der Waals surface area (Å²) < 4.78 is 13.0. The molecule has 0 aromatic heterocycles. The van der Waals surface area contributed by atoms with Gasteiger partial charge in [0.15, 0.2) is 0 Å². The number of amides is 2. The Morgan fingerprint density at radius 2 is 2.00 bits per heavy atom. The Kier molecular flexibility index (Phi) is 6.33. The first-order valence-electron chi connectivity index (χ1n) is 6.67. The monoisotopic (exact) mass is 358 g/mol. The Hall–Kier alpha value is -1.43. The molecule has 116 valence electrons. The van der Waals surface area contributed by atoms with Crippen LogP contribution in [0.5, 0.6) is 0 Å². The topological polar surface area (TPSA) is 58.2 Å². The van der Waals surface area contributed by atoms with E-state index in [9.17, 15) is 14.0 Å². The lowest BCUT2D eigenvalue weighted by molar-refractivity contribution is -0.122. The summed E-state index contributed by atoms with van der Waals surface area (Å²) in [6, 6.07) is 5.67. The van der Waals surface area contributed by atoms with Gasteiger partial charge in [0, 0.05) is 18.7 Å². The van der Waals surface area contributed by atoms with E-state index in [-0.39, 0.29) is 35.0 Å². The minimum absolute atomic E-state index is 0.131. The van der Waals surface area contributed by atoms with Crippen molar-refractivity contribution in [2.24, 2.45) is 5.41 Å². The molecule has 6 heteroatoms. The van der Waals surface area contributed by atoms with Gasteiger partial charge in [0.2, 0.25) is 11.8 Å². The lowest BCUT2D eigenvalue weighted by atomic mass is 9.92. The number of benzene rings is 1. The van der Waals surface area contributed by atoms with Crippen LogP contribution in [0.15, 0.2) is 24.3 Å². The SMILES string of the molecule is CC(C)(C)[C@@H](Br)C(=O)NCCC(=O)Nc1cccc(F)c1. The van der Waals surface area contributed by atoms with Crippen LogP contribution >= 0.6 is 15.9 Å². The van der Waals surface area contributed by atoms with Crippen molar-refractivity contribution in [3.8, 4) is 0 Å². The van der Waals surface area contributed by atoms with Crippen LogP contribution in [0.1, 0.15) is 27.2 Å². The number of hydrogen-bond acceptors (Lipinski definition) is 2. The molecule has 0 bridgehead atoms. The zero-order valence-electron chi connectivity index (χ0n) is 12.4. The van der Waals surface area contributed by atoms with Gasteiger partial charge in [-0.2, -0.15) is 0 Å². The van der Waals surface area contributed by atoms with Crippen LogP contribution in [-0.4, -0.2) is 23.2 Å². The van der Waals surface area contributed by atoms with Crippen molar-refractivity contribution in [2.75, 3.05) is 11.9 Å². The molecule has 0 heterocycles. The van der Waals surface area contributed by atoms with Gasteiger partial charge in [-0.3, -0.25) is 9.59 Å². The van der Waals surface area contributed by atoms with E-state index < -0.39 is 5.82 Å². The highest BCUT2D eigenvalue weighted by atomic mass is 79.9. The molecule has 0 fully saturated rings. The number of carbonyl (C=O) groups excluding carboxylic acids is 2. The van der Waals surface area contributed by atoms with Gasteiger partial charge < -0.3 is 10.6 Å². The van der Waals surface area contributed by atoms with E-state index in [4.69, 9.17) is 0 Å². The second-order valence-electron chi connectivity index (χ2n) is 5.83. The summed E-state index contributed by atoms with van der Waals surface area (Å²) in [6.45, 7) is 6.08. The van der Waals surface area contributed by atoms with Crippen LogP contribution in [0, 0.1) is 11.2 Å².